The minimum atomic E-state index is 0.167. The van der Waals surface area contributed by atoms with E-state index in [9.17, 15) is 4.79 Å². The summed E-state index contributed by atoms with van der Waals surface area (Å²) < 4.78 is 0. The van der Waals surface area contributed by atoms with Crippen LogP contribution in [-0.2, 0) is 4.79 Å². The van der Waals surface area contributed by atoms with E-state index in [0.717, 1.165) is 0 Å². The number of ketones is 1. The Hall–Kier alpha value is -1.10. The van der Waals surface area contributed by atoms with Crippen LogP contribution in [0.25, 0.3) is 0 Å². The number of Topliss-reactive ketones (excluding diaryl/α,β-unsaturated/α-hetero) is 1. The third-order valence-corrected chi connectivity index (χ3v) is 0.191. The first-order valence-electron chi connectivity index (χ1n) is 2.53. The molecule has 0 saturated carbocycles. The molecule has 0 heterocycles. The highest BCUT2D eigenvalue weighted by atomic mass is 16.1. The minimum absolute atomic E-state index is 0.167. The fraction of sp³-hybridized carbons (Fsp3) is 0.429. The molecule has 0 saturated heterocycles. The zero-order chi connectivity index (χ0) is 7.86. The minimum Gasteiger partial charge on any atom is -0.300 e. The summed E-state index contributed by atoms with van der Waals surface area (Å²) in [4.78, 5) is 9.44. The molecule has 0 aromatic carbocycles. The van der Waals surface area contributed by atoms with Gasteiger partial charge in [-0.15, -0.1) is 0 Å². The smallest absolute Gasteiger partial charge is 0.126 e. The third kappa shape index (κ3) is 205. The van der Waals surface area contributed by atoms with Crippen LogP contribution in [0.5, 0.6) is 0 Å². The molecule has 0 bridgehead atoms. The monoisotopic (exact) mass is 125 g/mol. The fourth-order valence-corrected chi connectivity index (χ4v) is 0. The van der Waals surface area contributed by atoms with Gasteiger partial charge in [-0.2, -0.15) is 5.26 Å². The van der Waals surface area contributed by atoms with Gasteiger partial charge in [0.1, 0.15) is 5.78 Å². The van der Waals surface area contributed by atoms with Crippen LogP contribution in [0.4, 0.5) is 0 Å². The van der Waals surface area contributed by atoms with Crippen molar-refractivity contribution in [2.75, 3.05) is 0 Å². The Morgan fingerprint density at radius 2 is 1.56 bits per heavy atom. The Kier molecular flexibility index (Phi) is 8.28. The van der Waals surface area contributed by atoms with E-state index in [2.05, 4.69) is 6.58 Å². The number of nitriles is 1. The molecule has 0 rings (SSSR count). The molecule has 0 aromatic rings. The van der Waals surface area contributed by atoms with Gasteiger partial charge >= 0.3 is 0 Å². The summed E-state index contributed by atoms with van der Waals surface area (Å²) in [5.74, 6) is 0.167. The number of rotatable bonds is 0. The number of carbonyl (C=O) groups is 1. The number of carbonyl (C=O) groups excluding carboxylic acids is 1. The predicted molar refractivity (Wildman–Crippen MR) is 36.8 cm³/mol. The van der Waals surface area contributed by atoms with Gasteiger partial charge in [0.15, 0.2) is 0 Å². The van der Waals surface area contributed by atoms with Crippen molar-refractivity contribution in [3.8, 4) is 6.07 Å². The number of hydrogen-bond acceptors (Lipinski definition) is 2. The maximum atomic E-state index is 9.44. The van der Waals surface area contributed by atoms with Crippen LogP contribution in [0.1, 0.15) is 20.8 Å². The van der Waals surface area contributed by atoms with E-state index in [1.165, 1.54) is 13.8 Å². The van der Waals surface area contributed by atoms with Gasteiger partial charge in [0.05, 0.1) is 6.07 Å². The summed E-state index contributed by atoms with van der Waals surface area (Å²) in [6.45, 7) is 8.03. The molecule has 0 N–H and O–H groups in total. The SMILES string of the molecule is C=C(C)C#N.CC(C)=O. The Labute approximate surface area is 55.8 Å². The summed E-state index contributed by atoms with van der Waals surface area (Å²) in [7, 11) is 0. The lowest BCUT2D eigenvalue weighted by atomic mass is 10.4. The average Bonchev–Trinajstić information content (AvgIpc) is 1.65. The Bertz CT molecular complexity index is 137. The van der Waals surface area contributed by atoms with E-state index in [1.807, 2.05) is 6.07 Å². The second kappa shape index (κ2) is 6.90. The van der Waals surface area contributed by atoms with Crippen LogP contribution >= 0.6 is 0 Å². The highest BCUT2D eigenvalue weighted by molar-refractivity contribution is 5.72. The maximum Gasteiger partial charge on any atom is 0.126 e. The molecule has 0 fully saturated rings. The van der Waals surface area contributed by atoms with E-state index in [1.54, 1.807) is 6.92 Å². The lowest BCUT2D eigenvalue weighted by Crippen LogP contribution is -1.69. The first-order chi connectivity index (χ1) is 4.00. The summed E-state index contributed by atoms with van der Waals surface area (Å²) in [6, 6.07) is 1.83. The van der Waals surface area contributed by atoms with Crippen molar-refractivity contribution in [1.82, 2.24) is 0 Å². The highest BCUT2D eigenvalue weighted by Gasteiger charge is 1.64. The largest absolute Gasteiger partial charge is 0.300 e. The Balaban J connectivity index is 0. The van der Waals surface area contributed by atoms with E-state index in [4.69, 9.17) is 5.26 Å². The van der Waals surface area contributed by atoms with Crippen molar-refractivity contribution in [3.63, 3.8) is 0 Å². The molecular formula is C7H11NO. The van der Waals surface area contributed by atoms with Crippen molar-refractivity contribution in [2.24, 2.45) is 0 Å². The van der Waals surface area contributed by atoms with Crippen molar-refractivity contribution in [3.05, 3.63) is 12.2 Å². The summed E-state index contributed by atoms with van der Waals surface area (Å²) in [5, 5.41) is 7.79. The lowest BCUT2D eigenvalue weighted by molar-refractivity contribution is -0.114. The third-order valence-electron chi connectivity index (χ3n) is 0.191. The van der Waals surface area contributed by atoms with Crippen molar-refractivity contribution in [2.45, 2.75) is 20.8 Å². The molecular weight excluding hydrogens is 114 g/mol. The average molecular weight is 125 g/mol. The van der Waals surface area contributed by atoms with Crippen LogP contribution in [0.3, 0.4) is 0 Å². The molecule has 0 atom stereocenters. The maximum absolute atomic E-state index is 9.44. The molecule has 0 aliphatic heterocycles. The van der Waals surface area contributed by atoms with E-state index in [0.29, 0.717) is 5.57 Å². The topological polar surface area (TPSA) is 40.9 Å². The summed E-state index contributed by atoms with van der Waals surface area (Å²) in [6.07, 6.45) is 0. The van der Waals surface area contributed by atoms with Gasteiger partial charge < -0.3 is 4.79 Å². The molecule has 0 spiro atoms. The van der Waals surface area contributed by atoms with Gasteiger partial charge in [-0.05, 0) is 20.8 Å². The molecule has 0 aliphatic rings. The lowest BCUT2D eigenvalue weighted by Gasteiger charge is -1.61. The van der Waals surface area contributed by atoms with Crippen molar-refractivity contribution in [1.29, 1.82) is 5.26 Å². The summed E-state index contributed by atoms with van der Waals surface area (Å²) >= 11 is 0. The second-order valence-electron chi connectivity index (χ2n) is 1.80. The normalized spacial score (nSPS) is 6.00. The molecule has 0 aliphatic carbocycles. The zero-order valence-corrected chi connectivity index (χ0v) is 6.06. The fourth-order valence-electron chi connectivity index (χ4n) is 0. The molecule has 2 heteroatoms. The number of nitrogens with zero attached hydrogens (tertiary/aromatic N) is 1. The van der Waals surface area contributed by atoms with E-state index in [-0.39, 0.29) is 5.78 Å². The van der Waals surface area contributed by atoms with Gasteiger partial charge in [0.2, 0.25) is 0 Å². The van der Waals surface area contributed by atoms with Gasteiger partial charge in [-0.1, -0.05) is 6.58 Å². The number of hydrogen-bond donors (Lipinski definition) is 0. The molecule has 0 unspecified atom stereocenters. The van der Waals surface area contributed by atoms with Crippen LogP contribution < -0.4 is 0 Å². The Morgan fingerprint density at radius 3 is 1.56 bits per heavy atom. The van der Waals surface area contributed by atoms with Crippen molar-refractivity contribution >= 4 is 5.78 Å². The molecule has 0 aromatic heterocycles. The Morgan fingerprint density at radius 1 is 1.44 bits per heavy atom. The van der Waals surface area contributed by atoms with E-state index >= 15 is 0 Å². The van der Waals surface area contributed by atoms with Crippen LogP contribution in [-0.4, -0.2) is 5.78 Å². The standard InChI is InChI=1S/C4H5N.C3H6O/c1-4(2)3-5;1-3(2)4/h1H2,2H3;1-2H3. The summed E-state index contributed by atoms with van der Waals surface area (Å²) in [5.41, 5.74) is 0.560. The van der Waals surface area contributed by atoms with E-state index < -0.39 is 0 Å². The van der Waals surface area contributed by atoms with Gasteiger partial charge in [0, 0.05) is 5.57 Å². The first-order valence-corrected chi connectivity index (χ1v) is 2.53. The number of allylic oxidation sites excluding steroid dienone is 1. The predicted octanol–water partition coefficient (Wildman–Crippen LogP) is 1.68. The molecule has 0 radical (unpaired) electrons. The zero-order valence-electron chi connectivity index (χ0n) is 6.06. The van der Waals surface area contributed by atoms with Gasteiger partial charge in [-0.3, -0.25) is 0 Å². The first kappa shape index (κ1) is 10.8. The quantitative estimate of drug-likeness (QED) is 0.462. The van der Waals surface area contributed by atoms with Crippen molar-refractivity contribution < 1.29 is 4.79 Å². The molecule has 2 nitrogen and oxygen atoms in total. The highest BCUT2D eigenvalue weighted by Crippen LogP contribution is 1.74. The van der Waals surface area contributed by atoms with Crippen LogP contribution in [0.15, 0.2) is 12.2 Å². The van der Waals surface area contributed by atoms with Gasteiger partial charge in [0.25, 0.3) is 0 Å². The molecule has 9 heavy (non-hydrogen) atoms. The second-order valence-corrected chi connectivity index (χ2v) is 1.80. The van der Waals surface area contributed by atoms with Crippen LogP contribution in [0.2, 0.25) is 0 Å². The van der Waals surface area contributed by atoms with Crippen LogP contribution in [0, 0.1) is 11.3 Å². The molecule has 0 amide bonds. The molecule has 50 valence electrons. The van der Waals surface area contributed by atoms with Gasteiger partial charge in [-0.25, -0.2) is 0 Å².